The Morgan fingerprint density at radius 3 is 2.38 bits per heavy atom. The van der Waals surface area contributed by atoms with E-state index in [0.717, 1.165) is 5.56 Å². The molecule has 8 heteroatoms. The first-order valence-electron chi connectivity index (χ1n) is 8.00. The van der Waals surface area contributed by atoms with Crippen molar-refractivity contribution in [3.8, 4) is 0 Å². The Hall–Kier alpha value is -1.60. The van der Waals surface area contributed by atoms with Crippen molar-refractivity contribution in [2.75, 3.05) is 13.1 Å². The van der Waals surface area contributed by atoms with Crippen LogP contribution in [0.4, 0.5) is 0 Å². The van der Waals surface area contributed by atoms with Gasteiger partial charge in [-0.1, -0.05) is 49.2 Å². The molecule has 0 radical (unpaired) electrons. The summed E-state index contributed by atoms with van der Waals surface area (Å²) >= 11 is 12.0. The van der Waals surface area contributed by atoms with Crippen LogP contribution in [-0.4, -0.2) is 31.8 Å². The predicted octanol–water partition coefficient (Wildman–Crippen LogP) is 4.38. The molecule has 26 heavy (non-hydrogen) atoms. The molecule has 2 aromatic carbocycles. The van der Waals surface area contributed by atoms with E-state index in [2.05, 4.69) is 0 Å². The van der Waals surface area contributed by atoms with Crippen LogP contribution in [0.15, 0.2) is 47.4 Å². The number of carbonyl (C=O) groups excluding carboxylic acids is 1. The Labute approximate surface area is 163 Å². The Morgan fingerprint density at radius 2 is 1.77 bits per heavy atom. The molecule has 0 aromatic heterocycles. The highest BCUT2D eigenvalue weighted by molar-refractivity contribution is 7.89. The van der Waals surface area contributed by atoms with E-state index < -0.39 is 16.0 Å². The summed E-state index contributed by atoms with van der Waals surface area (Å²) in [5.41, 5.74) is 0.845. The van der Waals surface area contributed by atoms with Gasteiger partial charge in [0.25, 0.3) is 0 Å². The van der Waals surface area contributed by atoms with Crippen molar-refractivity contribution in [2.24, 2.45) is 0 Å². The molecule has 0 bridgehead atoms. The molecule has 0 heterocycles. The van der Waals surface area contributed by atoms with Crippen molar-refractivity contribution in [3.05, 3.63) is 63.6 Å². The average Bonchev–Trinajstić information content (AvgIpc) is 2.60. The van der Waals surface area contributed by atoms with Crippen LogP contribution >= 0.6 is 23.2 Å². The molecular weight excluding hydrogens is 397 g/mol. The summed E-state index contributed by atoms with van der Waals surface area (Å²) in [5, 5.41) is 0.598. The van der Waals surface area contributed by atoms with E-state index in [1.54, 1.807) is 38.1 Å². The van der Waals surface area contributed by atoms with E-state index in [0.29, 0.717) is 18.1 Å². The maximum atomic E-state index is 12.7. The van der Waals surface area contributed by atoms with Crippen LogP contribution in [0.2, 0.25) is 10.0 Å². The van der Waals surface area contributed by atoms with Crippen molar-refractivity contribution >= 4 is 39.2 Å². The van der Waals surface area contributed by atoms with Crippen LogP contribution in [0.25, 0.3) is 0 Å². The van der Waals surface area contributed by atoms with E-state index >= 15 is 0 Å². The third-order valence-electron chi connectivity index (χ3n) is 3.75. The smallest absolute Gasteiger partial charge is 0.338 e. The van der Waals surface area contributed by atoms with E-state index in [1.807, 2.05) is 0 Å². The first kappa shape index (κ1) is 20.7. The third kappa shape index (κ3) is 4.76. The molecular formula is C18H19Cl2NO4S. The van der Waals surface area contributed by atoms with Crippen molar-refractivity contribution in [1.82, 2.24) is 4.31 Å². The molecule has 140 valence electrons. The number of ether oxygens (including phenoxy) is 1. The first-order chi connectivity index (χ1) is 12.3. The molecule has 0 spiro atoms. The number of hydrogen-bond acceptors (Lipinski definition) is 4. The number of sulfonamides is 1. The normalized spacial score (nSPS) is 11.6. The fourth-order valence-electron chi connectivity index (χ4n) is 2.39. The second-order valence-electron chi connectivity index (χ2n) is 5.44. The highest BCUT2D eigenvalue weighted by Gasteiger charge is 2.25. The lowest BCUT2D eigenvalue weighted by Gasteiger charge is -2.19. The number of rotatable bonds is 7. The number of nitrogens with zero attached hydrogens (tertiary/aromatic N) is 1. The Balaban J connectivity index is 2.24. The quantitative estimate of drug-likeness (QED) is 0.629. The lowest BCUT2D eigenvalue weighted by molar-refractivity contribution is 0.0472. The van der Waals surface area contributed by atoms with Gasteiger partial charge in [-0.25, -0.2) is 13.2 Å². The van der Waals surface area contributed by atoms with E-state index in [4.69, 9.17) is 27.9 Å². The zero-order valence-corrected chi connectivity index (χ0v) is 16.7. The molecule has 0 fully saturated rings. The molecule has 0 aliphatic rings. The van der Waals surface area contributed by atoms with Gasteiger partial charge in [-0.05, 0) is 35.9 Å². The van der Waals surface area contributed by atoms with Gasteiger partial charge >= 0.3 is 5.97 Å². The summed E-state index contributed by atoms with van der Waals surface area (Å²) in [6.45, 7) is 4.10. The molecule has 0 saturated heterocycles. The molecule has 2 rings (SSSR count). The standard InChI is InChI=1S/C18H19Cl2NO4S/c1-3-21(4-2)26(23,24)17-11-14(8-9-16(17)20)18(22)25-12-13-6-5-7-15(19)10-13/h5-11H,3-4,12H2,1-2H3. The zero-order valence-electron chi connectivity index (χ0n) is 14.4. The largest absolute Gasteiger partial charge is 0.457 e. The van der Waals surface area contributed by atoms with Crippen LogP contribution in [-0.2, 0) is 21.4 Å². The van der Waals surface area contributed by atoms with Gasteiger partial charge in [0.15, 0.2) is 0 Å². The average molecular weight is 416 g/mol. The number of benzene rings is 2. The maximum absolute atomic E-state index is 12.7. The van der Waals surface area contributed by atoms with Gasteiger partial charge in [-0.15, -0.1) is 0 Å². The SMILES string of the molecule is CCN(CC)S(=O)(=O)c1cc(C(=O)OCc2cccc(Cl)c2)ccc1Cl. The monoisotopic (exact) mass is 415 g/mol. The second-order valence-corrected chi connectivity index (χ2v) is 8.19. The molecule has 2 aromatic rings. The fourth-order valence-corrected chi connectivity index (χ4v) is 4.56. The predicted molar refractivity (Wildman–Crippen MR) is 102 cm³/mol. The minimum Gasteiger partial charge on any atom is -0.457 e. The Bertz CT molecular complexity index is 896. The Kier molecular flexibility index (Phi) is 7.06. The van der Waals surface area contributed by atoms with Gasteiger partial charge in [-0.3, -0.25) is 0 Å². The van der Waals surface area contributed by atoms with Crippen LogP contribution in [0, 0.1) is 0 Å². The molecule has 0 atom stereocenters. The molecule has 5 nitrogen and oxygen atoms in total. The first-order valence-corrected chi connectivity index (χ1v) is 10.2. The highest BCUT2D eigenvalue weighted by atomic mass is 35.5. The van der Waals surface area contributed by atoms with Gasteiger partial charge in [0.2, 0.25) is 10.0 Å². The van der Waals surface area contributed by atoms with Gasteiger partial charge in [0, 0.05) is 18.1 Å². The summed E-state index contributed by atoms with van der Waals surface area (Å²) in [7, 11) is -3.78. The van der Waals surface area contributed by atoms with Crippen LogP contribution in [0.3, 0.4) is 0 Å². The van der Waals surface area contributed by atoms with Crippen molar-refractivity contribution in [1.29, 1.82) is 0 Å². The van der Waals surface area contributed by atoms with Crippen LogP contribution < -0.4 is 0 Å². The molecule has 0 saturated carbocycles. The third-order valence-corrected chi connectivity index (χ3v) is 6.52. The summed E-state index contributed by atoms with van der Waals surface area (Å²) < 4.78 is 31.9. The summed E-state index contributed by atoms with van der Waals surface area (Å²) in [5.74, 6) is -0.641. The van der Waals surface area contributed by atoms with Gasteiger partial charge in [0.05, 0.1) is 10.6 Å². The van der Waals surface area contributed by atoms with Crippen LogP contribution in [0.1, 0.15) is 29.8 Å². The van der Waals surface area contributed by atoms with E-state index in [-0.39, 0.29) is 22.1 Å². The molecule has 0 aliphatic heterocycles. The molecule has 0 aliphatic carbocycles. The second kappa shape index (κ2) is 8.86. The van der Waals surface area contributed by atoms with Gasteiger partial charge < -0.3 is 4.74 Å². The summed E-state index contributed by atoms with van der Waals surface area (Å²) in [6.07, 6.45) is 0. The van der Waals surface area contributed by atoms with E-state index in [9.17, 15) is 13.2 Å². The number of esters is 1. The van der Waals surface area contributed by atoms with Crippen molar-refractivity contribution in [3.63, 3.8) is 0 Å². The minimum absolute atomic E-state index is 0.0279. The lowest BCUT2D eigenvalue weighted by Crippen LogP contribution is -2.31. The number of hydrogen-bond donors (Lipinski definition) is 0. The lowest BCUT2D eigenvalue weighted by atomic mass is 10.2. The molecule has 0 N–H and O–H groups in total. The summed E-state index contributed by atoms with van der Waals surface area (Å²) in [6, 6.07) is 11.0. The minimum atomic E-state index is -3.78. The van der Waals surface area contributed by atoms with Crippen molar-refractivity contribution < 1.29 is 17.9 Å². The summed E-state index contributed by atoms with van der Waals surface area (Å²) in [4.78, 5) is 12.2. The topological polar surface area (TPSA) is 63.7 Å². The number of carbonyl (C=O) groups is 1. The van der Waals surface area contributed by atoms with Gasteiger partial charge in [-0.2, -0.15) is 4.31 Å². The maximum Gasteiger partial charge on any atom is 0.338 e. The highest BCUT2D eigenvalue weighted by Crippen LogP contribution is 2.26. The molecule has 0 unspecified atom stereocenters. The van der Waals surface area contributed by atoms with Crippen molar-refractivity contribution in [2.45, 2.75) is 25.3 Å². The molecule has 0 amide bonds. The van der Waals surface area contributed by atoms with Gasteiger partial charge in [0.1, 0.15) is 11.5 Å². The zero-order chi connectivity index (χ0) is 19.3. The van der Waals surface area contributed by atoms with Crippen LogP contribution in [0.5, 0.6) is 0 Å². The van der Waals surface area contributed by atoms with E-state index in [1.165, 1.54) is 22.5 Å². The Morgan fingerprint density at radius 1 is 1.08 bits per heavy atom. The fraction of sp³-hybridized carbons (Fsp3) is 0.278. The number of halogens is 2.